The van der Waals surface area contributed by atoms with E-state index in [-0.39, 0.29) is 17.7 Å². The van der Waals surface area contributed by atoms with Crippen molar-refractivity contribution in [1.82, 2.24) is 5.06 Å². The highest BCUT2D eigenvalue weighted by molar-refractivity contribution is 5.81. The second kappa shape index (κ2) is 4.61. The standard InChI is InChI=1S/C12H12F3NO2/c1-16(18-2)12(17)8-5-7(8)6-3-9(13)11(15)10(14)4-6/h3-4,7-8H,5H2,1-2H3/t7-,8-/m0/s1. The summed E-state index contributed by atoms with van der Waals surface area (Å²) in [5.74, 6) is -4.85. The number of benzene rings is 1. The third-order valence-corrected chi connectivity index (χ3v) is 3.13. The molecule has 0 spiro atoms. The lowest BCUT2D eigenvalue weighted by Crippen LogP contribution is -2.27. The van der Waals surface area contributed by atoms with E-state index in [2.05, 4.69) is 0 Å². The van der Waals surface area contributed by atoms with Crippen molar-refractivity contribution in [2.45, 2.75) is 12.3 Å². The first kappa shape index (κ1) is 12.9. The average Bonchev–Trinajstić information content (AvgIpc) is 3.13. The summed E-state index contributed by atoms with van der Waals surface area (Å²) >= 11 is 0. The van der Waals surface area contributed by atoms with Crippen LogP contribution in [0.25, 0.3) is 0 Å². The van der Waals surface area contributed by atoms with Gasteiger partial charge in [-0.2, -0.15) is 0 Å². The van der Waals surface area contributed by atoms with Crippen LogP contribution in [0, 0.1) is 23.4 Å². The quantitative estimate of drug-likeness (QED) is 0.615. The zero-order valence-electron chi connectivity index (χ0n) is 9.91. The normalized spacial score (nSPS) is 21.8. The zero-order chi connectivity index (χ0) is 13.4. The van der Waals surface area contributed by atoms with Crippen molar-refractivity contribution < 1.29 is 22.8 Å². The summed E-state index contributed by atoms with van der Waals surface area (Å²) in [6.07, 6.45) is 0.483. The monoisotopic (exact) mass is 259 g/mol. The van der Waals surface area contributed by atoms with Crippen molar-refractivity contribution in [3.63, 3.8) is 0 Å². The molecule has 1 aliphatic rings. The molecule has 0 N–H and O–H groups in total. The SMILES string of the molecule is CON(C)C(=O)[C@H]1C[C@H]1c1cc(F)c(F)c(F)c1. The van der Waals surface area contributed by atoms with Crippen LogP contribution in [0.4, 0.5) is 13.2 Å². The topological polar surface area (TPSA) is 29.5 Å². The van der Waals surface area contributed by atoms with Crippen LogP contribution in [0.2, 0.25) is 0 Å². The van der Waals surface area contributed by atoms with Crippen molar-refractivity contribution in [3.8, 4) is 0 Å². The maximum atomic E-state index is 13.0. The van der Waals surface area contributed by atoms with Crippen molar-refractivity contribution in [3.05, 3.63) is 35.1 Å². The first-order valence-electron chi connectivity index (χ1n) is 5.41. The van der Waals surface area contributed by atoms with Crippen LogP contribution in [0.15, 0.2) is 12.1 Å². The van der Waals surface area contributed by atoms with Gasteiger partial charge >= 0.3 is 0 Å². The molecule has 0 bridgehead atoms. The van der Waals surface area contributed by atoms with E-state index in [1.807, 2.05) is 0 Å². The van der Waals surface area contributed by atoms with Gasteiger partial charge in [0.2, 0.25) is 5.91 Å². The molecule has 1 saturated carbocycles. The predicted octanol–water partition coefficient (Wildman–Crippen LogP) is 2.23. The van der Waals surface area contributed by atoms with Gasteiger partial charge in [0, 0.05) is 13.0 Å². The smallest absolute Gasteiger partial charge is 0.249 e. The number of hydrogen-bond donors (Lipinski definition) is 0. The van der Waals surface area contributed by atoms with Gasteiger partial charge in [0.1, 0.15) is 0 Å². The minimum absolute atomic E-state index is 0.257. The van der Waals surface area contributed by atoms with Crippen molar-refractivity contribution >= 4 is 5.91 Å². The lowest BCUT2D eigenvalue weighted by atomic mass is 10.1. The molecule has 1 fully saturated rings. The highest BCUT2D eigenvalue weighted by Crippen LogP contribution is 2.48. The lowest BCUT2D eigenvalue weighted by Gasteiger charge is -2.13. The van der Waals surface area contributed by atoms with Gasteiger partial charge in [0.25, 0.3) is 0 Å². The van der Waals surface area contributed by atoms with Crippen LogP contribution in [0.1, 0.15) is 17.9 Å². The summed E-state index contributed by atoms with van der Waals surface area (Å²) in [5.41, 5.74) is 0.300. The Balaban J connectivity index is 2.15. The molecule has 0 saturated heterocycles. The molecule has 3 nitrogen and oxygen atoms in total. The molecule has 0 radical (unpaired) electrons. The molecule has 0 aromatic heterocycles. The van der Waals surface area contributed by atoms with E-state index in [1.165, 1.54) is 14.2 Å². The number of hydroxylamine groups is 2. The fraction of sp³-hybridized carbons (Fsp3) is 0.417. The van der Waals surface area contributed by atoms with Crippen LogP contribution in [0.3, 0.4) is 0 Å². The number of carbonyl (C=O) groups is 1. The maximum Gasteiger partial charge on any atom is 0.249 e. The van der Waals surface area contributed by atoms with E-state index in [9.17, 15) is 18.0 Å². The molecule has 0 heterocycles. The van der Waals surface area contributed by atoms with Gasteiger partial charge in [-0.25, -0.2) is 18.2 Å². The minimum Gasteiger partial charge on any atom is -0.275 e. The molecule has 0 aliphatic heterocycles. The van der Waals surface area contributed by atoms with Crippen molar-refractivity contribution in [1.29, 1.82) is 0 Å². The molecule has 1 aromatic carbocycles. The lowest BCUT2D eigenvalue weighted by molar-refractivity contribution is -0.170. The highest BCUT2D eigenvalue weighted by atomic mass is 19.2. The first-order chi connectivity index (χ1) is 8.45. The number of amides is 1. The van der Waals surface area contributed by atoms with E-state index >= 15 is 0 Å². The molecule has 2 atom stereocenters. The van der Waals surface area contributed by atoms with Gasteiger partial charge in [0.15, 0.2) is 17.5 Å². The van der Waals surface area contributed by atoms with Gasteiger partial charge in [-0.05, 0) is 30.0 Å². The summed E-state index contributed by atoms with van der Waals surface area (Å²) in [6.45, 7) is 0. The Morgan fingerprint density at radius 1 is 1.33 bits per heavy atom. The number of rotatable bonds is 3. The third-order valence-electron chi connectivity index (χ3n) is 3.13. The molecule has 98 valence electrons. The Kier molecular flexibility index (Phi) is 3.30. The zero-order valence-corrected chi connectivity index (χ0v) is 9.91. The molecular formula is C12H12F3NO2. The molecule has 6 heteroatoms. The van der Waals surface area contributed by atoms with Gasteiger partial charge in [-0.3, -0.25) is 9.63 Å². The number of hydrogen-bond acceptors (Lipinski definition) is 2. The van der Waals surface area contributed by atoms with Crippen molar-refractivity contribution in [2.75, 3.05) is 14.2 Å². The Morgan fingerprint density at radius 2 is 1.89 bits per heavy atom. The minimum atomic E-state index is -1.49. The summed E-state index contributed by atoms with van der Waals surface area (Å²) in [4.78, 5) is 16.4. The number of halogens is 3. The van der Waals surface area contributed by atoms with Gasteiger partial charge in [0.05, 0.1) is 7.11 Å². The van der Waals surface area contributed by atoms with E-state index in [0.29, 0.717) is 12.0 Å². The molecule has 1 aliphatic carbocycles. The number of nitrogens with zero attached hydrogens (tertiary/aromatic N) is 1. The Morgan fingerprint density at radius 3 is 2.39 bits per heavy atom. The average molecular weight is 259 g/mol. The largest absolute Gasteiger partial charge is 0.275 e. The summed E-state index contributed by atoms with van der Waals surface area (Å²) < 4.78 is 38.9. The van der Waals surface area contributed by atoms with Crippen LogP contribution in [0.5, 0.6) is 0 Å². The molecular weight excluding hydrogens is 247 g/mol. The van der Waals surface area contributed by atoms with Crippen LogP contribution >= 0.6 is 0 Å². The molecule has 2 rings (SSSR count). The van der Waals surface area contributed by atoms with Crippen LogP contribution < -0.4 is 0 Å². The fourth-order valence-corrected chi connectivity index (χ4v) is 1.95. The van der Waals surface area contributed by atoms with Gasteiger partial charge in [-0.15, -0.1) is 0 Å². The second-order valence-corrected chi connectivity index (χ2v) is 4.27. The molecule has 18 heavy (non-hydrogen) atoms. The predicted molar refractivity (Wildman–Crippen MR) is 56.9 cm³/mol. The second-order valence-electron chi connectivity index (χ2n) is 4.27. The van der Waals surface area contributed by atoms with Crippen LogP contribution in [-0.2, 0) is 9.63 Å². The van der Waals surface area contributed by atoms with Gasteiger partial charge in [-0.1, -0.05) is 0 Å². The van der Waals surface area contributed by atoms with E-state index in [0.717, 1.165) is 17.2 Å². The number of carbonyl (C=O) groups excluding carboxylic acids is 1. The van der Waals surface area contributed by atoms with E-state index in [1.54, 1.807) is 0 Å². The summed E-state index contributed by atoms with van der Waals surface area (Å²) in [5, 5.41) is 1.07. The Labute approximate surface area is 102 Å². The van der Waals surface area contributed by atoms with E-state index in [4.69, 9.17) is 4.84 Å². The first-order valence-corrected chi connectivity index (χ1v) is 5.41. The fourth-order valence-electron chi connectivity index (χ4n) is 1.95. The molecule has 0 unspecified atom stereocenters. The maximum absolute atomic E-state index is 13.0. The van der Waals surface area contributed by atoms with Crippen LogP contribution in [-0.4, -0.2) is 25.1 Å². The summed E-state index contributed by atoms with van der Waals surface area (Å²) in [7, 11) is 2.82. The highest BCUT2D eigenvalue weighted by Gasteiger charge is 2.46. The Bertz CT molecular complexity index is 469. The third kappa shape index (κ3) is 2.20. The summed E-state index contributed by atoms with van der Waals surface area (Å²) in [6, 6.07) is 1.87. The van der Waals surface area contributed by atoms with Crippen molar-refractivity contribution in [2.24, 2.45) is 5.92 Å². The molecule has 1 aromatic rings. The van der Waals surface area contributed by atoms with E-state index < -0.39 is 17.5 Å². The Hall–Kier alpha value is -1.56. The van der Waals surface area contributed by atoms with Gasteiger partial charge < -0.3 is 0 Å². The molecule has 1 amide bonds.